The summed E-state index contributed by atoms with van der Waals surface area (Å²) >= 11 is 0. The van der Waals surface area contributed by atoms with Crippen LogP contribution in [0.25, 0.3) is 0 Å². The van der Waals surface area contributed by atoms with Gasteiger partial charge in [0.15, 0.2) is 5.82 Å². The predicted octanol–water partition coefficient (Wildman–Crippen LogP) is 2.45. The van der Waals surface area contributed by atoms with Gasteiger partial charge in [0.05, 0.1) is 6.54 Å². The van der Waals surface area contributed by atoms with Crippen molar-refractivity contribution in [1.82, 2.24) is 20.2 Å². The highest BCUT2D eigenvalue weighted by molar-refractivity contribution is 5.14. The summed E-state index contributed by atoms with van der Waals surface area (Å²) in [4.78, 5) is 1.66. The molecule has 0 saturated carbocycles. The van der Waals surface area contributed by atoms with Crippen LogP contribution in [0.2, 0.25) is 0 Å². The van der Waals surface area contributed by atoms with E-state index >= 15 is 0 Å². The Labute approximate surface area is 102 Å². The lowest BCUT2D eigenvalue weighted by Crippen LogP contribution is -2.04. The van der Waals surface area contributed by atoms with Crippen molar-refractivity contribution in [1.29, 1.82) is 0 Å². The molecule has 1 aromatic carbocycles. The van der Waals surface area contributed by atoms with Gasteiger partial charge in [-0.3, -0.25) is 0 Å². The number of aryl methyl sites for hydroxylation is 1. The second kappa shape index (κ2) is 6.13. The molecule has 0 N–H and O–H groups in total. The highest BCUT2D eigenvalue weighted by atomic mass is 15.6. The second-order valence-corrected chi connectivity index (χ2v) is 4.18. The summed E-state index contributed by atoms with van der Waals surface area (Å²) in [5.41, 5.74) is 1.20. The number of aromatic nitrogens is 4. The lowest BCUT2D eigenvalue weighted by atomic mass is 10.2. The largest absolute Gasteiger partial charge is 0.174 e. The van der Waals surface area contributed by atoms with Gasteiger partial charge in [-0.15, -0.1) is 10.2 Å². The highest BCUT2D eigenvalue weighted by Crippen LogP contribution is 2.02. The van der Waals surface area contributed by atoms with Crippen LogP contribution in [0, 0.1) is 0 Å². The van der Waals surface area contributed by atoms with Crippen LogP contribution >= 0.6 is 0 Å². The number of hydrogen-bond donors (Lipinski definition) is 0. The Morgan fingerprint density at radius 3 is 2.71 bits per heavy atom. The SMILES string of the molecule is CCCCCc1nnn(Cc2ccccc2)n1. The maximum Gasteiger partial charge on any atom is 0.174 e. The van der Waals surface area contributed by atoms with Crippen LogP contribution in [0.1, 0.15) is 37.6 Å². The Hall–Kier alpha value is -1.71. The number of tetrazole rings is 1. The zero-order valence-corrected chi connectivity index (χ0v) is 10.2. The Morgan fingerprint density at radius 2 is 1.94 bits per heavy atom. The summed E-state index contributed by atoms with van der Waals surface area (Å²) in [6.07, 6.45) is 4.53. The molecule has 4 nitrogen and oxygen atoms in total. The van der Waals surface area contributed by atoms with E-state index in [2.05, 4.69) is 34.5 Å². The van der Waals surface area contributed by atoms with Gasteiger partial charge in [-0.05, 0) is 17.2 Å². The fourth-order valence-corrected chi connectivity index (χ4v) is 1.72. The maximum atomic E-state index is 4.37. The number of rotatable bonds is 6. The molecule has 0 atom stereocenters. The van der Waals surface area contributed by atoms with Gasteiger partial charge in [0.2, 0.25) is 0 Å². The molecule has 0 amide bonds. The normalized spacial score (nSPS) is 10.6. The van der Waals surface area contributed by atoms with Gasteiger partial charge in [0.1, 0.15) is 0 Å². The Balaban J connectivity index is 1.90. The van der Waals surface area contributed by atoms with E-state index in [-0.39, 0.29) is 0 Å². The van der Waals surface area contributed by atoms with Crippen molar-refractivity contribution in [3.8, 4) is 0 Å². The summed E-state index contributed by atoms with van der Waals surface area (Å²) < 4.78 is 0. The molecule has 1 aromatic heterocycles. The van der Waals surface area contributed by atoms with Crippen LogP contribution in [0.5, 0.6) is 0 Å². The van der Waals surface area contributed by atoms with Gasteiger partial charge in [0.25, 0.3) is 0 Å². The molecule has 0 aliphatic heterocycles. The predicted molar refractivity (Wildman–Crippen MR) is 66.6 cm³/mol. The molecule has 0 unspecified atom stereocenters. The minimum atomic E-state index is 0.696. The number of hydrogen-bond acceptors (Lipinski definition) is 3. The monoisotopic (exact) mass is 230 g/mol. The minimum absolute atomic E-state index is 0.696. The summed E-state index contributed by atoms with van der Waals surface area (Å²) in [6.45, 7) is 2.89. The average molecular weight is 230 g/mol. The first-order chi connectivity index (χ1) is 8.38. The second-order valence-electron chi connectivity index (χ2n) is 4.18. The van der Waals surface area contributed by atoms with E-state index in [1.54, 1.807) is 4.80 Å². The van der Waals surface area contributed by atoms with Gasteiger partial charge in [-0.25, -0.2) is 0 Å². The van der Waals surface area contributed by atoms with E-state index in [4.69, 9.17) is 0 Å². The molecular formula is C13H18N4. The fourth-order valence-electron chi connectivity index (χ4n) is 1.72. The van der Waals surface area contributed by atoms with Crippen molar-refractivity contribution in [2.24, 2.45) is 0 Å². The summed E-state index contributed by atoms with van der Waals surface area (Å²) in [6, 6.07) is 10.2. The van der Waals surface area contributed by atoms with E-state index in [1.165, 1.54) is 18.4 Å². The molecule has 1 heterocycles. The lowest BCUT2D eigenvalue weighted by Gasteiger charge is -1.98. The number of benzene rings is 1. The van der Waals surface area contributed by atoms with Crippen LogP contribution in [0.3, 0.4) is 0 Å². The molecular weight excluding hydrogens is 212 g/mol. The van der Waals surface area contributed by atoms with E-state index in [0.29, 0.717) is 6.54 Å². The minimum Gasteiger partial charge on any atom is -0.160 e. The van der Waals surface area contributed by atoms with Crippen LogP contribution in [-0.2, 0) is 13.0 Å². The zero-order chi connectivity index (χ0) is 11.9. The molecule has 2 aromatic rings. The molecule has 0 aliphatic carbocycles. The van der Waals surface area contributed by atoms with Crippen molar-refractivity contribution < 1.29 is 0 Å². The molecule has 17 heavy (non-hydrogen) atoms. The third-order valence-corrected chi connectivity index (χ3v) is 2.67. The van der Waals surface area contributed by atoms with Crippen LogP contribution in [-0.4, -0.2) is 20.2 Å². The molecule has 0 fully saturated rings. The molecule has 0 spiro atoms. The third kappa shape index (κ3) is 3.66. The van der Waals surface area contributed by atoms with Crippen molar-refractivity contribution in [3.63, 3.8) is 0 Å². The Kier molecular flexibility index (Phi) is 4.24. The lowest BCUT2D eigenvalue weighted by molar-refractivity contribution is 0.569. The van der Waals surface area contributed by atoms with E-state index in [0.717, 1.165) is 18.7 Å². The Bertz CT molecular complexity index is 436. The van der Waals surface area contributed by atoms with Gasteiger partial charge >= 0.3 is 0 Å². The van der Waals surface area contributed by atoms with E-state index < -0.39 is 0 Å². The topological polar surface area (TPSA) is 43.6 Å². The van der Waals surface area contributed by atoms with Crippen molar-refractivity contribution in [2.75, 3.05) is 0 Å². The first kappa shape index (κ1) is 11.8. The molecule has 90 valence electrons. The molecule has 4 heteroatoms. The highest BCUT2D eigenvalue weighted by Gasteiger charge is 2.02. The van der Waals surface area contributed by atoms with Crippen LogP contribution in [0.15, 0.2) is 30.3 Å². The quantitative estimate of drug-likeness (QED) is 0.716. The first-order valence-electron chi connectivity index (χ1n) is 6.19. The van der Waals surface area contributed by atoms with E-state index in [1.807, 2.05) is 18.2 Å². The summed E-state index contributed by atoms with van der Waals surface area (Å²) in [7, 11) is 0. The maximum absolute atomic E-state index is 4.37. The Morgan fingerprint density at radius 1 is 1.12 bits per heavy atom. The number of unbranched alkanes of at least 4 members (excludes halogenated alkanes) is 2. The molecule has 0 bridgehead atoms. The standard InChI is InChI=1S/C13H18N4/c1-2-3-5-10-13-14-16-17(15-13)11-12-8-6-4-7-9-12/h4,6-9H,2-3,5,10-11H2,1H3. The first-order valence-corrected chi connectivity index (χ1v) is 6.19. The third-order valence-electron chi connectivity index (χ3n) is 2.67. The summed E-state index contributed by atoms with van der Waals surface area (Å²) in [5, 5.41) is 12.5. The van der Waals surface area contributed by atoms with Crippen molar-refractivity contribution >= 4 is 0 Å². The van der Waals surface area contributed by atoms with Gasteiger partial charge < -0.3 is 0 Å². The smallest absolute Gasteiger partial charge is 0.160 e. The van der Waals surface area contributed by atoms with Gasteiger partial charge in [-0.1, -0.05) is 50.1 Å². The molecule has 2 rings (SSSR count). The van der Waals surface area contributed by atoms with Gasteiger partial charge in [-0.2, -0.15) is 4.80 Å². The average Bonchev–Trinajstić information content (AvgIpc) is 2.79. The number of nitrogens with zero attached hydrogens (tertiary/aromatic N) is 4. The molecule has 0 radical (unpaired) electrons. The molecule has 0 aliphatic rings. The zero-order valence-electron chi connectivity index (χ0n) is 10.2. The molecule has 0 saturated heterocycles. The van der Waals surface area contributed by atoms with E-state index in [9.17, 15) is 0 Å². The van der Waals surface area contributed by atoms with Gasteiger partial charge in [0, 0.05) is 6.42 Å². The summed E-state index contributed by atoms with van der Waals surface area (Å²) in [5.74, 6) is 0.856. The fraction of sp³-hybridized carbons (Fsp3) is 0.462. The van der Waals surface area contributed by atoms with Crippen molar-refractivity contribution in [3.05, 3.63) is 41.7 Å². The van der Waals surface area contributed by atoms with Crippen molar-refractivity contribution in [2.45, 2.75) is 39.2 Å². The van der Waals surface area contributed by atoms with Crippen LogP contribution < -0.4 is 0 Å². The van der Waals surface area contributed by atoms with Crippen LogP contribution in [0.4, 0.5) is 0 Å².